The molecule has 18 heavy (non-hydrogen) atoms. The van der Waals surface area contributed by atoms with Gasteiger partial charge in [0.15, 0.2) is 5.96 Å². The summed E-state index contributed by atoms with van der Waals surface area (Å²) < 4.78 is 4.14. The van der Waals surface area contributed by atoms with Crippen LogP contribution in [0.15, 0.2) is 17.3 Å². The second-order valence-electron chi connectivity index (χ2n) is 5.21. The quantitative estimate of drug-likeness (QED) is 0.862. The second-order valence-corrected chi connectivity index (χ2v) is 6.08. The maximum Gasteiger partial charge on any atom is 0.192 e. The van der Waals surface area contributed by atoms with Crippen molar-refractivity contribution in [3.05, 3.63) is 17.1 Å². The summed E-state index contributed by atoms with van der Waals surface area (Å²) in [4.78, 5) is 6.05. The van der Waals surface area contributed by atoms with Gasteiger partial charge in [-0.25, -0.2) is 9.37 Å². The van der Waals surface area contributed by atoms with E-state index in [0.29, 0.717) is 12.1 Å². The largest absolute Gasteiger partial charge is 0.351 e. The van der Waals surface area contributed by atoms with E-state index < -0.39 is 0 Å². The van der Waals surface area contributed by atoms with Crippen molar-refractivity contribution >= 4 is 17.5 Å². The predicted octanol–water partition coefficient (Wildman–Crippen LogP) is 2.45. The molecule has 1 aromatic heterocycles. The zero-order valence-electron chi connectivity index (χ0n) is 10.7. The first-order valence-electron chi connectivity index (χ1n) is 6.84. The molecule has 0 bridgehead atoms. The van der Waals surface area contributed by atoms with Gasteiger partial charge >= 0.3 is 0 Å². The standard InChI is InChI=1S/C13H20N4S/c1-9(12-7-8-14-18-12)15-13-16-10-5-3-2-4-6-11(10)17-13/h7-11H,2-6H2,1H3,(H2,15,16,17)/t9?,10-,11+. The molecule has 1 fully saturated rings. The Kier molecular flexibility index (Phi) is 3.50. The molecule has 5 heteroatoms. The lowest BCUT2D eigenvalue weighted by molar-refractivity contribution is 0.497. The van der Waals surface area contributed by atoms with Gasteiger partial charge in [0, 0.05) is 11.1 Å². The van der Waals surface area contributed by atoms with Gasteiger partial charge in [-0.1, -0.05) is 19.3 Å². The lowest BCUT2D eigenvalue weighted by atomic mass is 10.1. The van der Waals surface area contributed by atoms with Gasteiger partial charge in [-0.2, -0.15) is 0 Å². The molecule has 1 saturated carbocycles. The summed E-state index contributed by atoms with van der Waals surface area (Å²) >= 11 is 1.55. The molecule has 0 amide bonds. The Balaban J connectivity index is 1.62. The zero-order valence-corrected chi connectivity index (χ0v) is 11.5. The molecule has 3 rings (SSSR count). The lowest BCUT2D eigenvalue weighted by Crippen LogP contribution is -2.41. The summed E-state index contributed by atoms with van der Waals surface area (Å²) in [5.41, 5.74) is 0. The van der Waals surface area contributed by atoms with Crippen LogP contribution in [0.3, 0.4) is 0 Å². The SMILES string of the molecule is CC(NC1=N[C@H]2CCCCC[C@H]2N1)c1ccns1. The summed E-state index contributed by atoms with van der Waals surface area (Å²) in [5.74, 6) is 0.979. The van der Waals surface area contributed by atoms with Crippen molar-refractivity contribution in [3.63, 3.8) is 0 Å². The third kappa shape index (κ3) is 2.51. The van der Waals surface area contributed by atoms with E-state index >= 15 is 0 Å². The first kappa shape index (κ1) is 12.0. The first-order chi connectivity index (χ1) is 8.83. The molecule has 0 spiro atoms. The Hall–Kier alpha value is -1.10. The number of nitrogens with one attached hydrogen (secondary N) is 2. The maximum absolute atomic E-state index is 4.80. The Bertz CT molecular complexity index is 415. The van der Waals surface area contributed by atoms with Crippen LogP contribution < -0.4 is 10.6 Å². The summed E-state index contributed by atoms with van der Waals surface area (Å²) in [5, 5.41) is 7.02. The van der Waals surface area contributed by atoms with Gasteiger partial charge in [-0.3, -0.25) is 0 Å². The number of hydrogen-bond acceptors (Lipinski definition) is 5. The molecule has 0 saturated heterocycles. The minimum atomic E-state index is 0.283. The van der Waals surface area contributed by atoms with Crippen molar-refractivity contribution in [2.75, 3.05) is 0 Å². The molecule has 0 aromatic carbocycles. The Morgan fingerprint density at radius 1 is 1.39 bits per heavy atom. The maximum atomic E-state index is 4.80. The Morgan fingerprint density at radius 2 is 2.28 bits per heavy atom. The molecule has 2 aliphatic rings. The highest BCUT2D eigenvalue weighted by Gasteiger charge is 2.30. The van der Waals surface area contributed by atoms with Crippen molar-refractivity contribution in [2.45, 2.75) is 57.2 Å². The summed E-state index contributed by atoms with van der Waals surface area (Å²) in [7, 11) is 0. The van der Waals surface area contributed by atoms with Crippen LogP contribution in [-0.2, 0) is 0 Å². The van der Waals surface area contributed by atoms with Crippen LogP contribution in [0.4, 0.5) is 0 Å². The molecule has 2 N–H and O–H groups in total. The minimum Gasteiger partial charge on any atom is -0.351 e. The predicted molar refractivity (Wildman–Crippen MR) is 74.9 cm³/mol. The lowest BCUT2D eigenvalue weighted by Gasteiger charge is -2.16. The van der Waals surface area contributed by atoms with Crippen LogP contribution in [0.25, 0.3) is 0 Å². The fraction of sp³-hybridized carbons (Fsp3) is 0.692. The van der Waals surface area contributed by atoms with E-state index in [9.17, 15) is 0 Å². The van der Waals surface area contributed by atoms with Crippen LogP contribution in [0, 0.1) is 0 Å². The molecule has 1 aliphatic carbocycles. The van der Waals surface area contributed by atoms with Gasteiger partial charge in [0.05, 0.1) is 18.1 Å². The average Bonchev–Trinajstić information content (AvgIpc) is 2.96. The van der Waals surface area contributed by atoms with Crippen LogP contribution in [0.5, 0.6) is 0 Å². The van der Waals surface area contributed by atoms with Gasteiger partial charge in [0.1, 0.15) is 0 Å². The molecule has 0 radical (unpaired) electrons. The van der Waals surface area contributed by atoms with Gasteiger partial charge in [0.25, 0.3) is 0 Å². The minimum absolute atomic E-state index is 0.283. The Labute approximate surface area is 112 Å². The molecule has 1 aliphatic heterocycles. The molecule has 2 heterocycles. The van der Waals surface area contributed by atoms with E-state index in [1.165, 1.54) is 37.0 Å². The number of aliphatic imine (C=N–C) groups is 1. The van der Waals surface area contributed by atoms with Crippen molar-refractivity contribution in [1.29, 1.82) is 0 Å². The fourth-order valence-corrected chi connectivity index (χ4v) is 3.38. The van der Waals surface area contributed by atoms with Gasteiger partial charge in [-0.05, 0) is 37.4 Å². The second kappa shape index (κ2) is 5.26. The summed E-state index contributed by atoms with van der Waals surface area (Å²) in [6.07, 6.45) is 8.37. The molecule has 98 valence electrons. The van der Waals surface area contributed by atoms with Gasteiger partial charge in [-0.15, -0.1) is 0 Å². The highest BCUT2D eigenvalue weighted by Crippen LogP contribution is 2.24. The highest BCUT2D eigenvalue weighted by molar-refractivity contribution is 7.05. The Morgan fingerprint density at radius 3 is 3.11 bits per heavy atom. The number of guanidine groups is 1. The summed E-state index contributed by atoms with van der Waals surface area (Å²) in [6.45, 7) is 2.16. The third-order valence-corrected chi connectivity index (χ3v) is 4.76. The average molecular weight is 264 g/mol. The van der Waals surface area contributed by atoms with E-state index in [1.807, 2.05) is 6.20 Å². The van der Waals surface area contributed by atoms with E-state index in [4.69, 9.17) is 4.99 Å². The third-order valence-electron chi connectivity index (χ3n) is 3.83. The van der Waals surface area contributed by atoms with Crippen LogP contribution in [0.1, 0.15) is 49.9 Å². The van der Waals surface area contributed by atoms with Crippen LogP contribution >= 0.6 is 11.5 Å². The smallest absolute Gasteiger partial charge is 0.192 e. The molecular weight excluding hydrogens is 244 g/mol. The van der Waals surface area contributed by atoms with Crippen molar-refractivity contribution in [2.24, 2.45) is 4.99 Å². The van der Waals surface area contributed by atoms with Crippen molar-refractivity contribution in [1.82, 2.24) is 15.0 Å². The monoisotopic (exact) mass is 264 g/mol. The van der Waals surface area contributed by atoms with E-state index in [2.05, 4.69) is 28.0 Å². The van der Waals surface area contributed by atoms with E-state index in [0.717, 1.165) is 5.96 Å². The number of hydrogen-bond donors (Lipinski definition) is 2. The first-order valence-corrected chi connectivity index (χ1v) is 7.62. The van der Waals surface area contributed by atoms with E-state index in [-0.39, 0.29) is 6.04 Å². The molecule has 1 aromatic rings. The number of aromatic nitrogens is 1. The van der Waals surface area contributed by atoms with Crippen LogP contribution in [-0.4, -0.2) is 22.4 Å². The van der Waals surface area contributed by atoms with Crippen LogP contribution in [0.2, 0.25) is 0 Å². The topological polar surface area (TPSA) is 49.3 Å². The van der Waals surface area contributed by atoms with E-state index in [1.54, 1.807) is 11.5 Å². The number of rotatable bonds is 2. The van der Waals surface area contributed by atoms with Gasteiger partial charge in [0.2, 0.25) is 0 Å². The number of nitrogens with zero attached hydrogens (tertiary/aromatic N) is 2. The molecule has 1 unspecified atom stereocenters. The molecule has 4 nitrogen and oxygen atoms in total. The van der Waals surface area contributed by atoms with Crippen molar-refractivity contribution in [3.8, 4) is 0 Å². The summed E-state index contributed by atoms with van der Waals surface area (Å²) in [6, 6.07) is 3.40. The molecule has 3 atom stereocenters. The van der Waals surface area contributed by atoms with Gasteiger partial charge < -0.3 is 10.6 Å². The molecular formula is C13H20N4S. The van der Waals surface area contributed by atoms with Crippen molar-refractivity contribution < 1.29 is 0 Å². The fourth-order valence-electron chi connectivity index (χ4n) is 2.79. The number of fused-ring (bicyclic) bond motifs is 1. The zero-order chi connectivity index (χ0) is 12.4. The normalized spacial score (nSPS) is 28.8. The highest BCUT2D eigenvalue weighted by atomic mass is 32.1.